The third-order valence-electron chi connectivity index (χ3n) is 4.28. The second-order valence-electron chi connectivity index (χ2n) is 6.05. The van der Waals surface area contributed by atoms with E-state index in [-0.39, 0.29) is 12.0 Å². The first-order valence-corrected chi connectivity index (χ1v) is 8.10. The smallest absolute Gasteiger partial charge is 0.256 e. The van der Waals surface area contributed by atoms with Gasteiger partial charge in [-0.15, -0.1) is 0 Å². The molecule has 7 nitrogen and oxygen atoms in total. The number of para-hydroxylation sites is 2. The molecule has 1 aliphatic heterocycles. The average Bonchev–Trinajstić information content (AvgIpc) is 3.21. The van der Waals surface area contributed by atoms with Gasteiger partial charge in [0.1, 0.15) is 11.9 Å². The SMILES string of the molecule is Cc1noc([C@H]2OCC[C@H]2CNc2nc3ccccc3nc2C)n1. The zero-order valence-corrected chi connectivity index (χ0v) is 13.7. The van der Waals surface area contributed by atoms with Crippen molar-refractivity contribution in [2.75, 3.05) is 18.5 Å². The minimum atomic E-state index is -0.160. The number of nitrogens with one attached hydrogen (secondary N) is 1. The molecule has 1 aromatic carbocycles. The van der Waals surface area contributed by atoms with Crippen molar-refractivity contribution < 1.29 is 9.26 Å². The van der Waals surface area contributed by atoms with E-state index in [1.165, 1.54) is 0 Å². The molecule has 24 heavy (non-hydrogen) atoms. The molecular weight excluding hydrogens is 306 g/mol. The van der Waals surface area contributed by atoms with Gasteiger partial charge in [-0.3, -0.25) is 0 Å². The molecule has 7 heteroatoms. The Balaban J connectivity index is 1.51. The third-order valence-corrected chi connectivity index (χ3v) is 4.28. The van der Waals surface area contributed by atoms with Gasteiger partial charge in [0.25, 0.3) is 5.89 Å². The maximum atomic E-state index is 5.78. The number of benzene rings is 1. The zero-order chi connectivity index (χ0) is 16.5. The van der Waals surface area contributed by atoms with Crippen molar-refractivity contribution in [1.82, 2.24) is 20.1 Å². The fourth-order valence-corrected chi connectivity index (χ4v) is 3.03. The lowest BCUT2D eigenvalue weighted by Gasteiger charge is -2.17. The van der Waals surface area contributed by atoms with Gasteiger partial charge in [0, 0.05) is 19.1 Å². The minimum Gasteiger partial charge on any atom is -0.368 e. The highest BCUT2D eigenvalue weighted by Crippen LogP contribution is 2.33. The van der Waals surface area contributed by atoms with E-state index in [2.05, 4.69) is 25.4 Å². The summed E-state index contributed by atoms with van der Waals surface area (Å²) in [5.41, 5.74) is 2.68. The largest absolute Gasteiger partial charge is 0.368 e. The van der Waals surface area contributed by atoms with Crippen LogP contribution in [0.2, 0.25) is 0 Å². The lowest BCUT2D eigenvalue weighted by Crippen LogP contribution is -2.19. The van der Waals surface area contributed by atoms with Crippen molar-refractivity contribution >= 4 is 16.9 Å². The second kappa shape index (κ2) is 6.16. The summed E-state index contributed by atoms with van der Waals surface area (Å²) in [4.78, 5) is 13.6. The number of fused-ring (bicyclic) bond motifs is 1. The summed E-state index contributed by atoms with van der Waals surface area (Å²) >= 11 is 0. The molecule has 1 aliphatic rings. The molecule has 0 bridgehead atoms. The van der Waals surface area contributed by atoms with E-state index >= 15 is 0 Å². The maximum absolute atomic E-state index is 5.78. The first-order chi connectivity index (χ1) is 11.7. The number of rotatable bonds is 4. The molecule has 3 heterocycles. The van der Waals surface area contributed by atoms with Crippen LogP contribution in [0.3, 0.4) is 0 Å². The number of hydrogen-bond acceptors (Lipinski definition) is 7. The molecule has 0 radical (unpaired) electrons. The lowest BCUT2D eigenvalue weighted by molar-refractivity contribution is 0.0650. The summed E-state index contributed by atoms with van der Waals surface area (Å²) in [7, 11) is 0. The van der Waals surface area contributed by atoms with Crippen molar-refractivity contribution in [3.63, 3.8) is 0 Å². The molecule has 2 aromatic heterocycles. The molecule has 4 rings (SSSR count). The Bertz CT molecular complexity index is 863. The fraction of sp³-hybridized carbons (Fsp3) is 0.412. The van der Waals surface area contributed by atoms with Crippen LogP contribution in [0.1, 0.15) is 29.9 Å². The van der Waals surface area contributed by atoms with Gasteiger partial charge in [-0.1, -0.05) is 17.3 Å². The molecule has 2 atom stereocenters. The Morgan fingerprint density at radius 3 is 2.67 bits per heavy atom. The van der Waals surface area contributed by atoms with Crippen LogP contribution < -0.4 is 5.32 Å². The molecule has 1 N–H and O–H groups in total. The first-order valence-electron chi connectivity index (χ1n) is 8.10. The summed E-state index contributed by atoms with van der Waals surface area (Å²) in [6.45, 7) is 5.19. The quantitative estimate of drug-likeness (QED) is 0.789. The lowest BCUT2D eigenvalue weighted by atomic mass is 10.0. The maximum Gasteiger partial charge on any atom is 0.256 e. The molecule has 1 saturated heterocycles. The highest BCUT2D eigenvalue weighted by atomic mass is 16.5. The molecule has 124 valence electrons. The number of aromatic nitrogens is 4. The molecule has 1 fully saturated rings. The van der Waals surface area contributed by atoms with Crippen LogP contribution in [0, 0.1) is 19.8 Å². The van der Waals surface area contributed by atoms with E-state index in [0.717, 1.165) is 35.5 Å². The van der Waals surface area contributed by atoms with Gasteiger partial charge in [0.05, 0.1) is 16.7 Å². The molecule has 0 saturated carbocycles. The number of nitrogens with zero attached hydrogens (tertiary/aromatic N) is 4. The zero-order valence-electron chi connectivity index (χ0n) is 13.7. The summed E-state index contributed by atoms with van der Waals surface area (Å²) in [6, 6.07) is 7.87. The average molecular weight is 325 g/mol. The standard InChI is InChI=1S/C17H19N5O2/c1-10-16(21-14-6-4-3-5-13(14)19-10)18-9-12-7-8-23-15(12)17-20-11(2)22-24-17/h3-6,12,15H,7-9H2,1-2H3,(H,18,21)/t12-,15-/m0/s1. The van der Waals surface area contributed by atoms with Gasteiger partial charge < -0.3 is 14.6 Å². The normalized spacial score (nSPS) is 20.6. The van der Waals surface area contributed by atoms with Gasteiger partial charge in [-0.25, -0.2) is 9.97 Å². The van der Waals surface area contributed by atoms with E-state index in [0.29, 0.717) is 18.3 Å². The monoisotopic (exact) mass is 325 g/mol. The van der Waals surface area contributed by atoms with Crippen LogP contribution in [0.25, 0.3) is 11.0 Å². The van der Waals surface area contributed by atoms with Gasteiger partial charge in [-0.05, 0) is 32.4 Å². The third kappa shape index (κ3) is 2.82. The van der Waals surface area contributed by atoms with Crippen LogP contribution in [0.4, 0.5) is 5.82 Å². The van der Waals surface area contributed by atoms with E-state index in [9.17, 15) is 0 Å². The highest BCUT2D eigenvalue weighted by Gasteiger charge is 2.33. The van der Waals surface area contributed by atoms with Crippen molar-refractivity contribution in [1.29, 1.82) is 0 Å². The summed E-state index contributed by atoms with van der Waals surface area (Å²) in [5, 5.41) is 7.26. The van der Waals surface area contributed by atoms with Gasteiger partial charge >= 0.3 is 0 Å². The van der Waals surface area contributed by atoms with Crippen LogP contribution >= 0.6 is 0 Å². The van der Waals surface area contributed by atoms with Gasteiger partial charge in [0.15, 0.2) is 5.82 Å². The minimum absolute atomic E-state index is 0.160. The van der Waals surface area contributed by atoms with Crippen molar-refractivity contribution in [3.05, 3.63) is 41.7 Å². The summed E-state index contributed by atoms with van der Waals surface area (Å²) in [5.74, 6) is 2.25. The topological polar surface area (TPSA) is 86.0 Å². The van der Waals surface area contributed by atoms with Crippen molar-refractivity contribution in [2.24, 2.45) is 5.92 Å². The number of aryl methyl sites for hydroxylation is 2. The molecule has 0 aliphatic carbocycles. The van der Waals surface area contributed by atoms with Gasteiger partial charge in [0.2, 0.25) is 0 Å². The van der Waals surface area contributed by atoms with Crippen molar-refractivity contribution in [2.45, 2.75) is 26.4 Å². The fourth-order valence-electron chi connectivity index (χ4n) is 3.03. The number of anilines is 1. The molecule has 0 spiro atoms. The van der Waals surface area contributed by atoms with E-state index in [4.69, 9.17) is 9.26 Å². The number of hydrogen-bond donors (Lipinski definition) is 1. The first kappa shape index (κ1) is 15.0. The Labute approximate surface area is 139 Å². The Hall–Kier alpha value is -2.54. The van der Waals surface area contributed by atoms with Crippen LogP contribution in [0.5, 0.6) is 0 Å². The van der Waals surface area contributed by atoms with Crippen LogP contribution in [-0.4, -0.2) is 33.3 Å². The summed E-state index contributed by atoms with van der Waals surface area (Å²) in [6.07, 6.45) is 0.784. The molecule has 0 unspecified atom stereocenters. The van der Waals surface area contributed by atoms with Crippen molar-refractivity contribution in [3.8, 4) is 0 Å². The van der Waals surface area contributed by atoms with E-state index < -0.39 is 0 Å². The van der Waals surface area contributed by atoms with Crippen LogP contribution in [0.15, 0.2) is 28.8 Å². The number of ether oxygens (including phenoxy) is 1. The predicted molar refractivity (Wildman–Crippen MR) is 88.6 cm³/mol. The highest BCUT2D eigenvalue weighted by molar-refractivity contribution is 5.76. The van der Waals surface area contributed by atoms with E-state index in [1.54, 1.807) is 0 Å². The Morgan fingerprint density at radius 2 is 1.92 bits per heavy atom. The van der Waals surface area contributed by atoms with Gasteiger partial charge in [-0.2, -0.15) is 4.98 Å². The molecular formula is C17H19N5O2. The van der Waals surface area contributed by atoms with Crippen LogP contribution in [-0.2, 0) is 4.74 Å². The predicted octanol–water partition coefficient (Wildman–Crippen LogP) is 2.82. The Kier molecular flexibility index (Phi) is 3.86. The second-order valence-corrected chi connectivity index (χ2v) is 6.05. The molecule has 3 aromatic rings. The Morgan fingerprint density at radius 1 is 1.12 bits per heavy atom. The summed E-state index contributed by atoms with van der Waals surface area (Å²) < 4.78 is 11.1. The molecule has 0 amide bonds. The van der Waals surface area contributed by atoms with E-state index in [1.807, 2.05) is 38.1 Å².